The summed E-state index contributed by atoms with van der Waals surface area (Å²) in [5, 5.41) is 4.55. The number of ether oxygens (including phenoxy) is 2. The molecule has 0 unspecified atom stereocenters. The largest absolute Gasteiger partial charge is 0.493 e. The third-order valence-corrected chi connectivity index (χ3v) is 5.56. The van der Waals surface area contributed by atoms with E-state index in [1.54, 1.807) is 25.3 Å². The predicted molar refractivity (Wildman–Crippen MR) is 120 cm³/mol. The standard InChI is InChI=1S/C22H20BrCl2NO2/c1-14-6-8-16(9-7-14)26-12-15-10-18(23)22(21(11-15)27-2)28-13-17-19(24)4-3-5-20(17)25/h3-11,26H,12-13H2,1-2H3. The summed E-state index contributed by atoms with van der Waals surface area (Å²) in [5.74, 6) is 1.25. The summed E-state index contributed by atoms with van der Waals surface area (Å²) in [6.45, 7) is 2.98. The van der Waals surface area contributed by atoms with Gasteiger partial charge in [0.25, 0.3) is 0 Å². The molecule has 3 aromatic carbocycles. The van der Waals surface area contributed by atoms with E-state index in [0.717, 1.165) is 21.3 Å². The van der Waals surface area contributed by atoms with Gasteiger partial charge in [0.2, 0.25) is 0 Å². The van der Waals surface area contributed by atoms with Crippen LogP contribution in [0.4, 0.5) is 5.69 Å². The Morgan fingerprint density at radius 2 is 1.68 bits per heavy atom. The van der Waals surface area contributed by atoms with E-state index in [1.165, 1.54) is 5.56 Å². The van der Waals surface area contributed by atoms with E-state index >= 15 is 0 Å². The molecule has 0 saturated carbocycles. The zero-order valence-corrected chi connectivity index (χ0v) is 18.7. The molecule has 28 heavy (non-hydrogen) atoms. The van der Waals surface area contributed by atoms with Crippen LogP contribution in [0.2, 0.25) is 10.0 Å². The highest BCUT2D eigenvalue weighted by Crippen LogP contribution is 2.38. The van der Waals surface area contributed by atoms with Gasteiger partial charge in [-0.05, 0) is 64.8 Å². The van der Waals surface area contributed by atoms with Gasteiger partial charge < -0.3 is 14.8 Å². The summed E-state index contributed by atoms with van der Waals surface area (Å²) < 4.78 is 12.3. The molecule has 0 aromatic heterocycles. The molecule has 0 heterocycles. The quantitative estimate of drug-likeness (QED) is 0.385. The molecular weight excluding hydrogens is 461 g/mol. The molecule has 0 aliphatic rings. The molecule has 0 radical (unpaired) electrons. The molecule has 0 saturated heterocycles. The van der Waals surface area contributed by atoms with Crippen molar-refractivity contribution in [2.75, 3.05) is 12.4 Å². The highest BCUT2D eigenvalue weighted by Gasteiger charge is 2.14. The van der Waals surface area contributed by atoms with Crippen LogP contribution in [0.5, 0.6) is 11.5 Å². The van der Waals surface area contributed by atoms with Gasteiger partial charge in [-0.3, -0.25) is 0 Å². The van der Waals surface area contributed by atoms with Gasteiger partial charge >= 0.3 is 0 Å². The number of methoxy groups -OCH3 is 1. The summed E-state index contributed by atoms with van der Waals surface area (Å²) in [6.07, 6.45) is 0. The molecule has 0 fully saturated rings. The molecule has 0 aliphatic heterocycles. The lowest BCUT2D eigenvalue weighted by molar-refractivity contribution is 0.282. The number of nitrogens with one attached hydrogen (secondary N) is 1. The average Bonchev–Trinajstić information content (AvgIpc) is 2.68. The second kappa shape index (κ2) is 9.55. The minimum absolute atomic E-state index is 0.244. The van der Waals surface area contributed by atoms with Gasteiger partial charge in [0.05, 0.1) is 11.6 Å². The molecule has 3 rings (SSSR count). The van der Waals surface area contributed by atoms with Crippen LogP contribution in [0.3, 0.4) is 0 Å². The Hall–Kier alpha value is -1.88. The Labute approximate surface area is 183 Å². The SMILES string of the molecule is COc1cc(CNc2ccc(C)cc2)cc(Br)c1OCc1c(Cl)cccc1Cl. The number of aryl methyl sites for hydroxylation is 1. The highest BCUT2D eigenvalue weighted by molar-refractivity contribution is 9.10. The molecule has 3 aromatic rings. The molecule has 0 atom stereocenters. The van der Waals surface area contributed by atoms with Crippen molar-refractivity contribution in [1.82, 2.24) is 0 Å². The van der Waals surface area contributed by atoms with E-state index in [0.29, 0.717) is 28.1 Å². The monoisotopic (exact) mass is 479 g/mol. The lowest BCUT2D eigenvalue weighted by atomic mass is 10.1. The number of halogens is 3. The summed E-state index contributed by atoms with van der Waals surface area (Å²) >= 11 is 16.0. The number of anilines is 1. The van der Waals surface area contributed by atoms with E-state index in [1.807, 2.05) is 12.1 Å². The first-order valence-corrected chi connectivity index (χ1v) is 10.3. The van der Waals surface area contributed by atoms with Crippen LogP contribution >= 0.6 is 39.1 Å². The number of hydrogen-bond acceptors (Lipinski definition) is 3. The fourth-order valence-corrected chi connectivity index (χ4v) is 3.82. The van der Waals surface area contributed by atoms with E-state index in [-0.39, 0.29) is 6.61 Å². The van der Waals surface area contributed by atoms with E-state index in [9.17, 15) is 0 Å². The maximum atomic E-state index is 6.23. The van der Waals surface area contributed by atoms with Gasteiger partial charge in [0, 0.05) is 27.8 Å². The number of hydrogen-bond donors (Lipinski definition) is 1. The first kappa shape index (κ1) is 20.8. The van der Waals surface area contributed by atoms with Crippen LogP contribution in [0.15, 0.2) is 59.1 Å². The van der Waals surface area contributed by atoms with Gasteiger partial charge in [-0.2, -0.15) is 0 Å². The first-order valence-electron chi connectivity index (χ1n) is 8.70. The van der Waals surface area contributed by atoms with E-state index < -0.39 is 0 Å². The zero-order chi connectivity index (χ0) is 20.1. The molecule has 146 valence electrons. The van der Waals surface area contributed by atoms with Crippen molar-refractivity contribution in [2.24, 2.45) is 0 Å². The maximum absolute atomic E-state index is 6.23. The molecule has 1 N–H and O–H groups in total. The van der Waals surface area contributed by atoms with Crippen LogP contribution in [0.1, 0.15) is 16.7 Å². The number of rotatable bonds is 7. The van der Waals surface area contributed by atoms with Gasteiger partial charge in [0.1, 0.15) is 6.61 Å². The summed E-state index contributed by atoms with van der Waals surface area (Å²) in [6, 6.07) is 17.6. The van der Waals surface area contributed by atoms with E-state index in [2.05, 4.69) is 52.4 Å². The van der Waals surface area contributed by atoms with Gasteiger partial charge in [0.15, 0.2) is 11.5 Å². The minimum Gasteiger partial charge on any atom is -0.493 e. The van der Waals surface area contributed by atoms with Crippen LogP contribution in [-0.4, -0.2) is 7.11 Å². The van der Waals surface area contributed by atoms with Crippen LogP contribution in [-0.2, 0) is 13.2 Å². The maximum Gasteiger partial charge on any atom is 0.175 e. The third kappa shape index (κ3) is 5.13. The topological polar surface area (TPSA) is 30.5 Å². The zero-order valence-electron chi connectivity index (χ0n) is 15.6. The Balaban J connectivity index is 1.74. The minimum atomic E-state index is 0.244. The lowest BCUT2D eigenvalue weighted by Crippen LogP contribution is -2.03. The second-order valence-corrected chi connectivity index (χ2v) is 7.99. The van der Waals surface area contributed by atoms with Gasteiger partial charge in [-0.15, -0.1) is 0 Å². The Morgan fingerprint density at radius 1 is 1.00 bits per heavy atom. The lowest BCUT2D eigenvalue weighted by Gasteiger charge is -2.16. The van der Waals surface area contributed by atoms with Crippen LogP contribution in [0.25, 0.3) is 0 Å². The molecule has 0 amide bonds. The van der Waals surface area contributed by atoms with Crippen molar-refractivity contribution in [1.29, 1.82) is 0 Å². The Morgan fingerprint density at radius 3 is 2.32 bits per heavy atom. The first-order chi connectivity index (χ1) is 13.5. The third-order valence-electron chi connectivity index (χ3n) is 4.26. The van der Waals surface area contributed by atoms with Crippen LogP contribution in [0, 0.1) is 6.92 Å². The fraction of sp³-hybridized carbons (Fsp3) is 0.182. The second-order valence-electron chi connectivity index (χ2n) is 6.32. The molecule has 0 bridgehead atoms. The van der Waals surface area contributed by atoms with Crippen molar-refractivity contribution in [3.05, 3.63) is 85.8 Å². The smallest absolute Gasteiger partial charge is 0.175 e. The van der Waals surface area contributed by atoms with Crippen molar-refractivity contribution in [3.8, 4) is 11.5 Å². The summed E-state index contributed by atoms with van der Waals surface area (Å²) in [7, 11) is 1.62. The van der Waals surface area contributed by atoms with Crippen molar-refractivity contribution in [2.45, 2.75) is 20.1 Å². The van der Waals surface area contributed by atoms with Crippen molar-refractivity contribution < 1.29 is 9.47 Å². The normalized spacial score (nSPS) is 10.6. The fourth-order valence-electron chi connectivity index (χ4n) is 2.71. The van der Waals surface area contributed by atoms with E-state index in [4.69, 9.17) is 32.7 Å². The van der Waals surface area contributed by atoms with Crippen molar-refractivity contribution in [3.63, 3.8) is 0 Å². The van der Waals surface area contributed by atoms with Crippen LogP contribution < -0.4 is 14.8 Å². The predicted octanol–water partition coefficient (Wildman–Crippen LogP) is 7.26. The van der Waals surface area contributed by atoms with Gasteiger partial charge in [-0.25, -0.2) is 0 Å². The summed E-state index contributed by atoms with van der Waals surface area (Å²) in [4.78, 5) is 0. The average molecular weight is 481 g/mol. The van der Waals surface area contributed by atoms with Crippen molar-refractivity contribution >= 4 is 44.8 Å². The molecular formula is C22H20BrCl2NO2. The Bertz CT molecular complexity index is 941. The summed E-state index contributed by atoms with van der Waals surface area (Å²) in [5.41, 5.74) is 4.10. The molecule has 0 spiro atoms. The molecule has 0 aliphatic carbocycles. The molecule has 6 heteroatoms. The highest BCUT2D eigenvalue weighted by atomic mass is 79.9. The molecule has 3 nitrogen and oxygen atoms in total. The number of benzene rings is 3. The van der Waals surface area contributed by atoms with Gasteiger partial charge in [-0.1, -0.05) is 47.0 Å². The Kier molecular flexibility index (Phi) is 7.11.